The summed E-state index contributed by atoms with van der Waals surface area (Å²) >= 11 is 4.49. The number of hydrazone groups is 1. The summed E-state index contributed by atoms with van der Waals surface area (Å²) in [6.45, 7) is 3.28. The van der Waals surface area contributed by atoms with Gasteiger partial charge in [0.1, 0.15) is 0 Å². The fraction of sp³-hybridized carbons (Fsp3) is 0.400. The van der Waals surface area contributed by atoms with Crippen LogP contribution in [0.25, 0.3) is 0 Å². The van der Waals surface area contributed by atoms with Crippen molar-refractivity contribution in [3.8, 4) is 0 Å². The molecule has 0 aromatic rings. The number of rotatable bonds is 2. The zero-order valence-electron chi connectivity index (χ0n) is 6.33. The molecule has 0 aliphatic heterocycles. The third kappa shape index (κ3) is 4.26. The second kappa shape index (κ2) is 4.62. The van der Waals surface area contributed by atoms with Crippen LogP contribution in [0.5, 0.6) is 0 Å². The van der Waals surface area contributed by atoms with Gasteiger partial charge in [-0.25, -0.2) is 0 Å². The zero-order valence-corrected chi connectivity index (χ0v) is 7.14. The summed E-state index contributed by atoms with van der Waals surface area (Å²) in [4.78, 5) is 0. The van der Waals surface area contributed by atoms with Crippen molar-refractivity contribution in [2.45, 2.75) is 13.8 Å². The van der Waals surface area contributed by atoms with Crippen molar-refractivity contribution in [1.82, 2.24) is 5.43 Å². The molecule has 0 saturated carbocycles. The van der Waals surface area contributed by atoms with Crippen molar-refractivity contribution in [3.05, 3.63) is 0 Å². The average molecular weight is 174 g/mol. The van der Waals surface area contributed by atoms with Crippen molar-refractivity contribution >= 4 is 28.8 Å². The van der Waals surface area contributed by atoms with E-state index in [9.17, 15) is 0 Å². The maximum atomic E-state index is 8.29. The van der Waals surface area contributed by atoms with Crippen LogP contribution in [-0.2, 0) is 0 Å². The summed E-state index contributed by atoms with van der Waals surface area (Å²) in [5.74, 6) is 0. The molecule has 4 N–H and O–H groups in total. The van der Waals surface area contributed by atoms with Gasteiger partial charge in [0.25, 0.3) is 0 Å². The van der Waals surface area contributed by atoms with Crippen molar-refractivity contribution in [2.24, 2.45) is 16.0 Å². The van der Waals surface area contributed by atoms with E-state index in [0.29, 0.717) is 11.4 Å². The maximum Gasteiger partial charge on any atom is 0.184 e. The summed E-state index contributed by atoms with van der Waals surface area (Å²) in [5.41, 5.74) is 8.40. The second-order valence-electron chi connectivity index (χ2n) is 1.86. The molecule has 0 radical (unpaired) electrons. The highest BCUT2D eigenvalue weighted by molar-refractivity contribution is 7.80. The number of nitrogens with one attached hydrogen (secondary N) is 1. The third-order valence-electron chi connectivity index (χ3n) is 1.01. The van der Waals surface area contributed by atoms with Gasteiger partial charge in [0.15, 0.2) is 5.11 Å². The first-order valence-corrected chi connectivity index (χ1v) is 3.27. The number of nitrogens with two attached hydrogens (primary N) is 1. The molecular weight excluding hydrogens is 164 g/mol. The molecule has 0 fully saturated rings. The molecule has 6 heteroatoms. The number of oxime groups is 1. The van der Waals surface area contributed by atoms with Crippen molar-refractivity contribution in [3.63, 3.8) is 0 Å². The Balaban J connectivity index is 4.12. The largest absolute Gasteiger partial charge is 0.411 e. The standard InChI is InChI=1S/C5H10N4OS/c1-3(4(2)9-10)7-8-5(6)11/h10H,1-2H3,(H3,6,8,11)/b7-3-,9-4-. The van der Waals surface area contributed by atoms with Crippen LogP contribution in [-0.4, -0.2) is 21.7 Å². The normalized spacial score (nSPS) is 12.9. The Hall–Kier alpha value is -1.17. The van der Waals surface area contributed by atoms with Gasteiger partial charge in [-0.15, -0.1) is 0 Å². The van der Waals surface area contributed by atoms with E-state index in [4.69, 9.17) is 10.9 Å². The lowest BCUT2D eigenvalue weighted by Crippen LogP contribution is -2.26. The number of hydrogen-bond acceptors (Lipinski definition) is 4. The highest BCUT2D eigenvalue weighted by atomic mass is 32.1. The molecule has 5 nitrogen and oxygen atoms in total. The van der Waals surface area contributed by atoms with Gasteiger partial charge in [-0.1, -0.05) is 5.16 Å². The van der Waals surface area contributed by atoms with E-state index in [0.717, 1.165) is 0 Å². The molecule has 0 aromatic heterocycles. The van der Waals surface area contributed by atoms with Crippen LogP contribution in [0, 0.1) is 0 Å². The molecule has 62 valence electrons. The van der Waals surface area contributed by atoms with Gasteiger partial charge >= 0.3 is 0 Å². The van der Waals surface area contributed by atoms with E-state index < -0.39 is 0 Å². The van der Waals surface area contributed by atoms with E-state index in [1.54, 1.807) is 13.8 Å². The van der Waals surface area contributed by atoms with Gasteiger partial charge in [0.2, 0.25) is 0 Å². The first-order valence-electron chi connectivity index (χ1n) is 2.86. The van der Waals surface area contributed by atoms with Gasteiger partial charge < -0.3 is 10.9 Å². The van der Waals surface area contributed by atoms with Crippen LogP contribution >= 0.6 is 12.2 Å². The van der Waals surface area contributed by atoms with Crippen LogP contribution in [0.1, 0.15) is 13.8 Å². The molecule has 11 heavy (non-hydrogen) atoms. The second-order valence-corrected chi connectivity index (χ2v) is 2.30. The van der Waals surface area contributed by atoms with E-state index in [2.05, 4.69) is 27.9 Å². The highest BCUT2D eigenvalue weighted by Crippen LogP contribution is 1.80. The number of hydrogen-bond donors (Lipinski definition) is 3. The fourth-order valence-electron chi connectivity index (χ4n) is 0.292. The lowest BCUT2D eigenvalue weighted by atomic mass is 10.3. The first kappa shape index (κ1) is 9.83. The zero-order chi connectivity index (χ0) is 8.85. The van der Waals surface area contributed by atoms with Gasteiger partial charge in [-0.2, -0.15) is 5.10 Å². The third-order valence-corrected chi connectivity index (χ3v) is 1.10. The molecule has 0 atom stereocenters. The molecule has 0 aliphatic rings. The molecule has 0 bridgehead atoms. The number of nitrogens with zero attached hydrogens (tertiary/aromatic N) is 2. The molecule has 0 amide bonds. The van der Waals surface area contributed by atoms with Crippen molar-refractivity contribution in [2.75, 3.05) is 0 Å². The minimum Gasteiger partial charge on any atom is -0.411 e. The van der Waals surface area contributed by atoms with Crippen LogP contribution < -0.4 is 11.2 Å². The van der Waals surface area contributed by atoms with E-state index in [1.165, 1.54) is 0 Å². The Morgan fingerprint density at radius 1 is 1.45 bits per heavy atom. The Labute approximate surface area is 70.0 Å². The Morgan fingerprint density at radius 3 is 2.36 bits per heavy atom. The van der Waals surface area contributed by atoms with E-state index in [-0.39, 0.29) is 5.11 Å². The summed E-state index contributed by atoms with van der Waals surface area (Å²) in [7, 11) is 0. The quantitative estimate of drug-likeness (QED) is 0.239. The Bertz CT molecular complexity index is 211. The molecular formula is C5H10N4OS. The molecule has 0 heterocycles. The predicted octanol–water partition coefficient (Wildman–Crippen LogP) is 0.0456. The maximum absolute atomic E-state index is 8.29. The smallest absolute Gasteiger partial charge is 0.184 e. The summed E-state index contributed by atoms with van der Waals surface area (Å²) in [6, 6.07) is 0. The van der Waals surface area contributed by atoms with E-state index in [1.807, 2.05) is 0 Å². The van der Waals surface area contributed by atoms with E-state index >= 15 is 0 Å². The SMILES string of the molecule is CC(=N/O)/C(C)=N\NC(N)=S. The highest BCUT2D eigenvalue weighted by Gasteiger charge is 1.95. The molecule has 0 aromatic carbocycles. The van der Waals surface area contributed by atoms with Crippen LogP contribution in [0.4, 0.5) is 0 Å². The predicted molar refractivity (Wildman–Crippen MR) is 47.9 cm³/mol. The minimum absolute atomic E-state index is 0.0788. The molecule has 0 unspecified atom stereocenters. The van der Waals surface area contributed by atoms with Crippen molar-refractivity contribution in [1.29, 1.82) is 0 Å². The lowest BCUT2D eigenvalue weighted by molar-refractivity contribution is 0.320. The number of thiocarbonyl (C=S) groups is 1. The summed E-state index contributed by atoms with van der Waals surface area (Å²) in [6.07, 6.45) is 0. The molecule has 0 saturated heterocycles. The van der Waals surface area contributed by atoms with Crippen LogP contribution in [0.2, 0.25) is 0 Å². The molecule has 0 spiro atoms. The fourth-order valence-corrected chi connectivity index (χ4v) is 0.338. The summed E-state index contributed by atoms with van der Waals surface area (Å²) < 4.78 is 0. The van der Waals surface area contributed by atoms with Crippen LogP contribution in [0.15, 0.2) is 10.3 Å². The van der Waals surface area contributed by atoms with Gasteiger partial charge in [0.05, 0.1) is 11.4 Å². The lowest BCUT2D eigenvalue weighted by Gasteiger charge is -1.97. The monoisotopic (exact) mass is 174 g/mol. The molecule has 0 aliphatic carbocycles. The molecule has 0 rings (SSSR count). The first-order chi connectivity index (χ1) is 5.07. The average Bonchev–Trinajstić information content (AvgIpc) is 1.98. The van der Waals surface area contributed by atoms with Gasteiger partial charge in [-0.05, 0) is 26.1 Å². The Morgan fingerprint density at radius 2 is 2.00 bits per heavy atom. The van der Waals surface area contributed by atoms with Crippen molar-refractivity contribution < 1.29 is 5.21 Å². The topological polar surface area (TPSA) is 83.0 Å². The minimum atomic E-state index is 0.0788. The summed E-state index contributed by atoms with van der Waals surface area (Å²) in [5, 5.41) is 15.0. The Kier molecular flexibility index (Phi) is 4.12. The van der Waals surface area contributed by atoms with Crippen LogP contribution in [0.3, 0.4) is 0 Å². The van der Waals surface area contributed by atoms with Gasteiger partial charge in [0, 0.05) is 0 Å². The van der Waals surface area contributed by atoms with Gasteiger partial charge in [-0.3, -0.25) is 5.43 Å².